The van der Waals surface area contributed by atoms with E-state index in [1.54, 1.807) is 6.07 Å². The Morgan fingerprint density at radius 1 is 1.28 bits per heavy atom. The van der Waals surface area contributed by atoms with Crippen molar-refractivity contribution in [1.29, 1.82) is 5.26 Å². The summed E-state index contributed by atoms with van der Waals surface area (Å²) in [5, 5.41) is 38.2. The van der Waals surface area contributed by atoms with Crippen LogP contribution in [-0.2, 0) is 14.2 Å². The molecule has 0 saturated carbocycles. The van der Waals surface area contributed by atoms with E-state index < -0.39 is 43.3 Å². The molecule has 0 radical (unpaired) electrons. The zero-order chi connectivity index (χ0) is 18.4. The first-order chi connectivity index (χ1) is 12.0. The molecule has 1 aliphatic rings. The average Bonchev–Trinajstić information content (AvgIpc) is 2.64. The van der Waals surface area contributed by atoms with Crippen LogP contribution in [0.4, 0.5) is 0 Å². The third kappa shape index (κ3) is 4.45. The molecule has 25 heavy (non-hydrogen) atoms. The first-order valence-electron chi connectivity index (χ1n) is 7.47. The van der Waals surface area contributed by atoms with Gasteiger partial charge < -0.3 is 34.3 Å². The molecule has 1 aromatic carbocycles. The van der Waals surface area contributed by atoms with Crippen LogP contribution in [-0.4, -0.2) is 72.3 Å². The second kappa shape index (κ2) is 8.75. The van der Waals surface area contributed by atoms with Gasteiger partial charge in [-0.15, -0.1) is 0 Å². The molecule has 2 rings (SSSR count). The lowest BCUT2D eigenvalue weighted by atomic mass is 9.99. The zero-order valence-corrected chi connectivity index (χ0v) is 13.4. The lowest BCUT2D eigenvalue weighted by Gasteiger charge is -2.41. The summed E-state index contributed by atoms with van der Waals surface area (Å²) in [6.45, 7) is -0.876. The largest absolute Gasteiger partial charge is 0.465 e. The second-order valence-electron chi connectivity index (χ2n) is 5.27. The summed E-state index contributed by atoms with van der Waals surface area (Å²) in [7, 11) is 1.26. The van der Waals surface area contributed by atoms with E-state index in [4.69, 9.17) is 19.5 Å². The Kier molecular flexibility index (Phi) is 6.69. The molecule has 5 atom stereocenters. The first-order valence-corrected chi connectivity index (χ1v) is 7.47. The van der Waals surface area contributed by atoms with Gasteiger partial charge in [-0.2, -0.15) is 5.26 Å². The Balaban J connectivity index is 2.11. The number of nitrogens with zero attached hydrogens (tertiary/aromatic N) is 1. The third-order valence-electron chi connectivity index (χ3n) is 3.69. The van der Waals surface area contributed by atoms with Gasteiger partial charge in [-0.05, 0) is 24.3 Å². The van der Waals surface area contributed by atoms with Gasteiger partial charge >= 0.3 is 5.97 Å². The van der Waals surface area contributed by atoms with E-state index >= 15 is 0 Å². The van der Waals surface area contributed by atoms with Crippen molar-refractivity contribution < 1.29 is 39.1 Å². The van der Waals surface area contributed by atoms with Crippen molar-refractivity contribution in [2.45, 2.75) is 30.7 Å². The van der Waals surface area contributed by atoms with Crippen LogP contribution in [0.25, 0.3) is 0 Å². The van der Waals surface area contributed by atoms with Gasteiger partial charge in [0, 0.05) is 0 Å². The number of esters is 1. The Hall–Kier alpha value is -2.22. The summed E-state index contributed by atoms with van der Waals surface area (Å²) in [6.07, 6.45) is -6.18. The molecule has 9 heteroatoms. The molecule has 0 spiro atoms. The van der Waals surface area contributed by atoms with Gasteiger partial charge in [0.2, 0.25) is 6.29 Å². The lowest BCUT2D eigenvalue weighted by molar-refractivity contribution is -0.284. The van der Waals surface area contributed by atoms with Crippen molar-refractivity contribution in [3.05, 3.63) is 29.8 Å². The highest BCUT2D eigenvalue weighted by atomic mass is 16.7. The summed E-state index contributed by atoms with van der Waals surface area (Å²) in [5.41, 5.74) is 0.318. The number of carbonyl (C=O) groups is 1. The van der Waals surface area contributed by atoms with Crippen molar-refractivity contribution >= 4 is 5.97 Å². The smallest absolute Gasteiger partial charge is 0.337 e. The summed E-state index contributed by atoms with van der Waals surface area (Å²) < 4.78 is 20.6. The fourth-order valence-electron chi connectivity index (χ4n) is 2.40. The van der Waals surface area contributed by atoms with Crippen LogP contribution in [0.2, 0.25) is 0 Å². The highest BCUT2D eigenvalue weighted by Crippen LogP contribution is 2.26. The van der Waals surface area contributed by atoms with Gasteiger partial charge in [-0.1, -0.05) is 0 Å². The number of methoxy groups -OCH3 is 1. The lowest BCUT2D eigenvalue weighted by Crippen LogP contribution is -2.61. The number of hydrogen-bond acceptors (Lipinski definition) is 9. The molecule has 1 fully saturated rings. The minimum Gasteiger partial charge on any atom is -0.465 e. The fourth-order valence-corrected chi connectivity index (χ4v) is 2.40. The number of nitriles is 1. The zero-order valence-electron chi connectivity index (χ0n) is 13.4. The van der Waals surface area contributed by atoms with Gasteiger partial charge in [-0.3, -0.25) is 0 Å². The Morgan fingerprint density at radius 3 is 2.52 bits per heavy atom. The molecule has 0 amide bonds. The summed E-state index contributed by atoms with van der Waals surface area (Å²) in [4.78, 5) is 11.4. The molecular weight excluding hydrogens is 334 g/mol. The molecule has 0 aliphatic carbocycles. The van der Waals surface area contributed by atoms with E-state index in [1.807, 2.05) is 0 Å². The van der Waals surface area contributed by atoms with Gasteiger partial charge in [0.15, 0.2) is 0 Å². The fraction of sp³-hybridized carbons (Fsp3) is 0.500. The van der Waals surface area contributed by atoms with Crippen molar-refractivity contribution in [2.24, 2.45) is 0 Å². The van der Waals surface area contributed by atoms with E-state index in [2.05, 4.69) is 4.74 Å². The SMILES string of the molecule is COC(=O)c1ccc(O[C@@H]2O[C@H](CO)[C@H](O)[C@H](OCC#N)[C@H]2O)cc1. The van der Waals surface area contributed by atoms with Gasteiger partial charge in [0.25, 0.3) is 0 Å². The minimum absolute atomic E-state index is 0.281. The predicted molar refractivity (Wildman–Crippen MR) is 81.5 cm³/mol. The Bertz CT molecular complexity index is 614. The van der Waals surface area contributed by atoms with Crippen LogP contribution in [0.1, 0.15) is 10.4 Å². The van der Waals surface area contributed by atoms with Crippen LogP contribution in [0.5, 0.6) is 5.75 Å². The summed E-state index contributed by atoms with van der Waals surface area (Å²) in [5.74, 6) is -0.224. The molecule has 9 nitrogen and oxygen atoms in total. The van der Waals surface area contributed by atoms with Crippen molar-refractivity contribution in [3.8, 4) is 11.8 Å². The van der Waals surface area contributed by atoms with E-state index in [0.29, 0.717) is 5.56 Å². The summed E-state index contributed by atoms with van der Waals surface area (Å²) in [6, 6.07) is 7.64. The predicted octanol–water partition coefficient (Wildman–Crippen LogP) is -0.800. The van der Waals surface area contributed by atoms with Crippen LogP contribution >= 0.6 is 0 Å². The molecule has 0 unspecified atom stereocenters. The van der Waals surface area contributed by atoms with Crippen LogP contribution < -0.4 is 4.74 Å². The first kappa shape index (κ1) is 19.1. The number of benzene rings is 1. The molecule has 1 aliphatic heterocycles. The van der Waals surface area contributed by atoms with Gasteiger partial charge in [0.1, 0.15) is 36.8 Å². The molecule has 1 aromatic rings. The van der Waals surface area contributed by atoms with Crippen LogP contribution in [0.15, 0.2) is 24.3 Å². The quantitative estimate of drug-likeness (QED) is 0.561. The molecule has 0 bridgehead atoms. The van der Waals surface area contributed by atoms with E-state index in [1.165, 1.54) is 31.4 Å². The van der Waals surface area contributed by atoms with Crippen molar-refractivity contribution in [3.63, 3.8) is 0 Å². The van der Waals surface area contributed by atoms with Crippen molar-refractivity contribution in [1.82, 2.24) is 0 Å². The molecule has 1 saturated heterocycles. The van der Waals surface area contributed by atoms with E-state index in [0.717, 1.165) is 0 Å². The number of rotatable bonds is 6. The molecule has 0 aromatic heterocycles. The topological polar surface area (TPSA) is 138 Å². The van der Waals surface area contributed by atoms with Gasteiger partial charge in [0.05, 0.1) is 25.3 Å². The Labute approximate surface area is 143 Å². The second-order valence-corrected chi connectivity index (χ2v) is 5.27. The molecule has 3 N–H and O–H groups in total. The number of ether oxygens (including phenoxy) is 4. The summed E-state index contributed by atoms with van der Waals surface area (Å²) >= 11 is 0. The maximum absolute atomic E-state index is 11.4. The highest BCUT2D eigenvalue weighted by Gasteiger charge is 2.46. The molecule has 1 heterocycles. The normalized spacial score (nSPS) is 28.8. The van der Waals surface area contributed by atoms with Crippen LogP contribution in [0, 0.1) is 11.3 Å². The van der Waals surface area contributed by atoms with E-state index in [-0.39, 0.29) is 12.4 Å². The maximum atomic E-state index is 11.4. The third-order valence-corrected chi connectivity index (χ3v) is 3.69. The van der Waals surface area contributed by atoms with E-state index in [9.17, 15) is 20.1 Å². The number of aliphatic hydroxyl groups is 3. The Morgan fingerprint density at radius 2 is 1.96 bits per heavy atom. The maximum Gasteiger partial charge on any atom is 0.337 e. The number of aliphatic hydroxyl groups excluding tert-OH is 3. The molecule has 136 valence electrons. The molecular formula is C16H19NO8. The minimum atomic E-state index is -1.40. The van der Waals surface area contributed by atoms with Crippen molar-refractivity contribution in [2.75, 3.05) is 20.3 Å². The highest BCUT2D eigenvalue weighted by molar-refractivity contribution is 5.89. The van der Waals surface area contributed by atoms with Gasteiger partial charge in [-0.25, -0.2) is 4.79 Å². The van der Waals surface area contributed by atoms with Crippen LogP contribution in [0.3, 0.4) is 0 Å². The number of carbonyl (C=O) groups excluding carboxylic acids is 1. The monoisotopic (exact) mass is 353 g/mol. The average molecular weight is 353 g/mol. The number of hydrogen-bond donors (Lipinski definition) is 3. The standard InChI is InChI=1S/C16H19NO8/c1-22-15(21)9-2-4-10(5-3-9)24-16-13(20)14(23-7-6-17)12(19)11(8-18)25-16/h2-5,11-14,16,18-20H,7-8H2,1H3/t11-,12+,13-,14+,16-/m1/s1.